The molecule has 0 saturated heterocycles. The van der Waals surface area contributed by atoms with Crippen LogP contribution < -0.4 is 11.1 Å². The second-order valence-corrected chi connectivity index (χ2v) is 8.25. The van der Waals surface area contributed by atoms with E-state index in [1.54, 1.807) is 12.1 Å². The maximum Gasteiger partial charge on any atom is 0.252 e. The van der Waals surface area contributed by atoms with Crippen LogP contribution in [0.15, 0.2) is 18.2 Å². The first-order chi connectivity index (χ1) is 9.08. The Morgan fingerprint density at radius 3 is 2.40 bits per heavy atom. The average molecular weight is 407 g/mol. The van der Waals surface area contributed by atoms with Crippen molar-refractivity contribution in [2.75, 3.05) is 0 Å². The van der Waals surface area contributed by atoms with Gasteiger partial charge in [0.15, 0.2) is 0 Å². The van der Waals surface area contributed by atoms with Crippen molar-refractivity contribution in [3.63, 3.8) is 0 Å². The van der Waals surface area contributed by atoms with E-state index >= 15 is 0 Å². The second kappa shape index (κ2) is 5.14. The number of nitrogens with one attached hydrogen (secondary N) is 1. The van der Waals surface area contributed by atoms with E-state index < -0.39 is 0 Å². The number of hydrogen-bond donors (Lipinski definition) is 2. The first-order valence-electron chi connectivity index (χ1n) is 6.60. The standard InChI is InChI=1S/C15H20ClIN2O/c1-14(2)12(18)15(3,4)13(14)19-11(20)9-7-8(16)5-6-10(9)17/h5-7,12-13H,18H2,1-4H3,(H,19,20). The Kier molecular flexibility index (Phi) is 4.13. The second-order valence-electron chi connectivity index (χ2n) is 6.65. The van der Waals surface area contributed by atoms with Crippen molar-refractivity contribution in [3.05, 3.63) is 32.4 Å². The molecule has 1 aromatic rings. The molecule has 0 aromatic heterocycles. The van der Waals surface area contributed by atoms with E-state index in [2.05, 4.69) is 55.6 Å². The van der Waals surface area contributed by atoms with Crippen molar-refractivity contribution in [2.45, 2.75) is 39.8 Å². The van der Waals surface area contributed by atoms with Crippen molar-refractivity contribution in [1.29, 1.82) is 0 Å². The van der Waals surface area contributed by atoms with Gasteiger partial charge in [-0.1, -0.05) is 39.3 Å². The Hall–Kier alpha value is -0.330. The first kappa shape index (κ1) is 16.0. The maximum absolute atomic E-state index is 12.5. The molecule has 3 N–H and O–H groups in total. The lowest BCUT2D eigenvalue weighted by Crippen LogP contribution is -2.76. The zero-order chi connectivity index (χ0) is 15.3. The Morgan fingerprint density at radius 1 is 1.30 bits per heavy atom. The van der Waals surface area contributed by atoms with E-state index in [-0.39, 0.29) is 28.8 Å². The molecule has 1 saturated carbocycles. The molecule has 20 heavy (non-hydrogen) atoms. The molecule has 0 heterocycles. The van der Waals surface area contributed by atoms with E-state index in [9.17, 15) is 4.79 Å². The van der Waals surface area contributed by atoms with Gasteiger partial charge < -0.3 is 11.1 Å². The van der Waals surface area contributed by atoms with Gasteiger partial charge in [0.1, 0.15) is 0 Å². The number of hydrogen-bond acceptors (Lipinski definition) is 2. The fourth-order valence-corrected chi connectivity index (χ4v) is 4.19. The van der Waals surface area contributed by atoms with Crippen LogP contribution in [0.1, 0.15) is 38.1 Å². The van der Waals surface area contributed by atoms with Crippen LogP contribution in [0, 0.1) is 14.4 Å². The predicted molar refractivity (Wildman–Crippen MR) is 91.0 cm³/mol. The molecule has 0 spiro atoms. The van der Waals surface area contributed by atoms with Gasteiger partial charge in [0, 0.05) is 31.5 Å². The highest BCUT2D eigenvalue weighted by molar-refractivity contribution is 14.1. The molecule has 3 nitrogen and oxygen atoms in total. The lowest BCUT2D eigenvalue weighted by molar-refractivity contribution is -0.0663. The minimum Gasteiger partial charge on any atom is -0.348 e. The van der Waals surface area contributed by atoms with Crippen molar-refractivity contribution in [3.8, 4) is 0 Å². The molecule has 0 bridgehead atoms. The highest BCUT2D eigenvalue weighted by Gasteiger charge is 2.60. The molecule has 1 aliphatic rings. The summed E-state index contributed by atoms with van der Waals surface area (Å²) in [4.78, 5) is 12.5. The van der Waals surface area contributed by atoms with Crippen LogP contribution in [0.2, 0.25) is 5.02 Å². The van der Waals surface area contributed by atoms with Crippen molar-refractivity contribution < 1.29 is 4.79 Å². The fourth-order valence-electron chi connectivity index (χ4n) is 3.43. The van der Waals surface area contributed by atoms with Crippen LogP contribution in [-0.4, -0.2) is 18.0 Å². The molecular formula is C15H20ClIN2O. The number of halogens is 2. The third kappa shape index (κ3) is 2.46. The van der Waals surface area contributed by atoms with Crippen LogP contribution in [0.25, 0.3) is 0 Å². The molecule has 2 rings (SSSR count). The number of rotatable bonds is 2. The number of nitrogens with two attached hydrogens (primary N) is 1. The summed E-state index contributed by atoms with van der Waals surface area (Å²) in [5, 5.41) is 3.70. The number of carbonyl (C=O) groups is 1. The molecule has 1 aromatic carbocycles. The van der Waals surface area contributed by atoms with Crippen molar-refractivity contribution in [2.24, 2.45) is 16.6 Å². The maximum atomic E-state index is 12.5. The molecule has 1 fully saturated rings. The van der Waals surface area contributed by atoms with E-state index in [4.69, 9.17) is 17.3 Å². The largest absolute Gasteiger partial charge is 0.348 e. The summed E-state index contributed by atoms with van der Waals surface area (Å²) >= 11 is 8.12. The number of amides is 1. The molecule has 5 heteroatoms. The summed E-state index contributed by atoms with van der Waals surface area (Å²) in [7, 11) is 0. The SMILES string of the molecule is CC1(C)C(N)C(C)(C)C1NC(=O)c1cc(Cl)ccc1I. The Labute approximate surface area is 138 Å². The predicted octanol–water partition coefficient (Wildman–Crippen LogP) is 3.44. The highest BCUT2D eigenvalue weighted by Crippen LogP contribution is 2.52. The molecular weight excluding hydrogens is 387 g/mol. The summed E-state index contributed by atoms with van der Waals surface area (Å²) in [5.41, 5.74) is 6.62. The molecule has 0 aliphatic heterocycles. The average Bonchev–Trinajstić information content (AvgIpc) is 2.37. The summed E-state index contributed by atoms with van der Waals surface area (Å²) in [6.07, 6.45) is 0. The fraction of sp³-hybridized carbons (Fsp3) is 0.533. The van der Waals surface area contributed by atoms with Gasteiger partial charge in [-0.25, -0.2) is 0 Å². The Morgan fingerprint density at radius 2 is 1.85 bits per heavy atom. The minimum atomic E-state index is -0.108. The smallest absolute Gasteiger partial charge is 0.252 e. The van der Waals surface area contributed by atoms with Gasteiger partial charge in [-0.15, -0.1) is 0 Å². The van der Waals surface area contributed by atoms with Crippen molar-refractivity contribution >= 4 is 40.1 Å². The monoisotopic (exact) mass is 406 g/mol. The zero-order valence-corrected chi connectivity index (χ0v) is 15.0. The van der Waals surface area contributed by atoms with E-state index in [1.807, 2.05) is 6.07 Å². The minimum absolute atomic E-state index is 0.0484. The third-order valence-electron chi connectivity index (χ3n) is 4.54. The summed E-state index contributed by atoms with van der Waals surface area (Å²) in [6.45, 7) is 8.38. The van der Waals surface area contributed by atoms with Crippen LogP contribution >= 0.6 is 34.2 Å². The third-order valence-corrected chi connectivity index (χ3v) is 5.72. The van der Waals surface area contributed by atoms with Gasteiger partial charge in [-0.2, -0.15) is 0 Å². The molecule has 110 valence electrons. The van der Waals surface area contributed by atoms with E-state index in [1.165, 1.54) is 0 Å². The Balaban J connectivity index is 2.22. The van der Waals surface area contributed by atoms with Crippen LogP contribution in [0.5, 0.6) is 0 Å². The summed E-state index contributed by atoms with van der Waals surface area (Å²) < 4.78 is 0.892. The topological polar surface area (TPSA) is 55.1 Å². The van der Waals surface area contributed by atoms with E-state index in [0.29, 0.717) is 10.6 Å². The molecule has 1 amide bonds. The van der Waals surface area contributed by atoms with Gasteiger partial charge in [0.05, 0.1) is 5.56 Å². The van der Waals surface area contributed by atoms with Gasteiger partial charge in [0.2, 0.25) is 0 Å². The number of carbonyl (C=O) groups excluding carboxylic acids is 1. The summed E-state index contributed by atoms with van der Waals surface area (Å²) in [5.74, 6) is -0.0880. The number of benzene rings is 1. The lowest BCUT2D eigenvalue weighted by atomic mass is 9.48. The van der Waals surface area contributed by atoms with Gasteiger partial charge in [-0.05, 0) is 40.8 Å². The summed E-state index contributed by atoms with van der Waals surface area (Å²) in [6, 6.07) is 5.46. The van der Waals surface area contributed by atoms with E-state index in [0.717, 1.165) is 3.57 Å². The normalized spacial score (nSPS) is 26.8. The first-order valence-corrected chi connectivity index (χ1v) is 8.05. The van der Waals surface area contributed by atoms with Gasteiger partial charge >= 0.3 is 0 Å². The van der Waals surface area contributed by atoms with Crippen LogP contribution in [-0.2, 0) is 0 Å². The zero-order valence-electron chi connectivity index (χ0n) is 12.1. The Bertz CT molecular complexity index is 541. The molecule has 0 unspecified atom stereocenters. The highest BCUT2D eigenvalue weighted by atomic mass is 127. The van der Waals surface area contributed by atoms with Gasteiger partial charge in [-0.3, -0.25) is 4.79 Å². The van der Waals surface area contributed by atoms with Crippen molar-refractivity contribution in [1.82, 2.24) is 5.32 Å². The quantitative estimate of drug-likeness (QED) is 0.739. The lowest BCUT2D eigenvalue weighted by Gasteiger charge is -2.62. The molecule has 0 atom stereocenters. The van der Waals surface area contributed by atoms with Crippen LogP contribution in [0.3, 0.4) is 0 Å². The van der Waals surface area contributed by atoms with Crippen LogP contribution in [0.4, 0.5) is 0 Å². The van der Waals surface area contributed by atoms with Gasteiger partial charge in [0.25, 0.3) is 5.91 Å². The molecule has 1 aliphatic carbocycles. The molecule has 0 radical (unpaired) electrons.